The van der Waals surface area contributed by atoms with E-state index in [0.29, 0.717) is 24.0 Å². The number of hydrogen-bond donors (Lipinski definition) is 1. The third-order valence-electron chi connectivity index (χ3n) is 5.11. The molecule has 1 saturated heterocycles. The lowest BCUT2D eigenvalue weighted by Gasteiger charge is -2.36. The largest absolute Gasteiger partial charge is 0.486 e. The van der Waals surface area contributed by atoms with Gasteiger partial charge in [-0.25, -0.2) is 0 Å². The molecule has 2 aliphatic heterocycles. The topological polar surface area (TPSA) is 75.4 Å². The summed E-state index contributed by atoms with van der Waals surface area (Å²) in [7, 11) is 1.82. The molecule has 0 amide bonds. The number of aromatic nitrogens is 1. The average Bonchev–Trinajstić information content (AvgIpc) is 3.25. The molecule has 164 valence electrons. The Morgan fingerprint density at radius 3 is 2.73 bits per heavy atom. The summed E-state index contributed by atoms with van der Waals surface area (Å²) in [6.45, 7) is 6.45. The number of benzene rings is 1. The Balaban J connectivity index is 0.00000256. The van der Waals surface area contributed by atoms with Crippen molar-refractivity contribution < 1.29 is 14.0 Å². The van der Waals surface area contributed by atoms with Crippen molar-refractivity contribution in [3.63, 3.8) is 0 Å². The second-order valence-corrected chi connectivity index (χ2v) is 7.49. The molecule has 0 aliphatic carbocycles. The van der Waals surface area contributed by atoms with Crippen LogP contribution in [0.4, 0.5) is 0 Å². The molecule has 3 heterocycles. The molecule has 1 fully saturated rings. The van der Waals surface area contributed by atoms with E-state index in [1.807, 2.05) is 25.2 Å². The molecule has 0 bridgehead atoms. The van der Waals surface area contributed by atoms with Crippen molar-refractivity contribution >= 4 is 41.5 Å². The summed E-state index contributed by atoms with van der Waals surface area (Å²) in [4.78, 5) is 9.11. The van der Waals surface area contributed by atoms with E-state index < -0.39 is 0 Å². The first kappa shape index (κ1) is 23.0. The average molecular weight is 548 g/mol. The van der Waals surface area contributed by atoms with Gasteiger partial charge in [-0.1, -0.05) is 16.8 Å². The highest BCUT2D eigenvalue weighted by Gasteiger charge is 2.20. The lowest BCUT2D eigenvalue weighted by Crippen LogP contribution is -2.52. The van der Waals surface area contributed by atoms with Crippen LogP contribution in [0.15, 0.2) is 34.0 Å². The van der Waals surface area contributed by atoms with Crippen LogP contribution in [0.3, 0.4) is 0 Å². The van der Waals surface area contributed by atoms with Gasteiger partial charge in [0.1, 0.15) is 19.5 Å². The summed E-state index contributed by atoms with van der Waals surface area (Å²) >= 11 is 6.33. The Labute approximate surface area is 198 Å². The van der Waals surface area contributed by atoms with Gasteiger partial charge in [-0.05, 0) is 24.1 Å². The van der Waals surface area contributed by atoms with Crippen molar-refractivity contribution in [2.24, 2.45) is 4.99 Å². The van der Waals surface area contributed by atoms with E-state index >= 15 is 0 Å². The molecule has 30 heavy (non-hydrogen) atoms. The van der Waals surface area contributed by atoms with Crippen molar-refractivity contribution in [2.75, 3.05) is 53.0 Å². The number of nitrogens with one attached hydrogen (secondary N) is 1. The number of hydrogen-bond acceptors (Lipinski definition) is 6. The number of guanidine groups is 1. The minimum absolute atomic E-state index is 0. The molecule has 2 aliphatic rings. The van der Waals surface area contributed by atoms with E-state index in [9.17, 15) is 0 Å². The third-order valence-corrected chi connectivity index (χ3v) is 5.39. The van der Waals surface area contributed by atoms with Crippen molar-refractivity contribution in [3.05, 3.63) is 40.7 Å². The van der Waals surface area contributed by atoms with E-state index in [-0.39, 0.29) is 24.0 Å². The number of ether oxygens (including phenoxy) is 2. The van der Waals surface area contributed by atoms with Crippen LogP contribution in [0.1, 0.15) is 11.3 Å². The van der Waals surface area contributed by atoms with Gasteiger partial charge >= 0.3 is 0 Å². The van der Waals surface area contributed by atoms with Gasteiger partial charge in [0.25, 0.3) is 0 Å². The molecule has 10 heteroatoms. The predicted molar refractivity (Wildman–Crippen MR) is 126 cm³/mol. The van der Waals surface area contributed by atoms with Gasteiger partial charge in [-0.15, -0.1) is 24.0 Å². The van der Waals surface area contributed by atoms with E-state index in [2.05, 4.69) is 25.3 Å². The van der Waals surface area contributed by atoms with Crippen LogP contribution in [0.2, 0.25) is 5.02 Å². The van der Waals surface area contributed by atoms with Crippen molar-refractivity contribution in [1.82, 2.24) is 20.3 Å². The van der Waals surface area contributed by atoms with Crippen LogP contribution >= 0.6 is 35.6 Å². The fourth-order valence-corrected chi connectivity index (χ4v) is 3.91. The van der Waals surface area contributed by atoms with Gasteiger partial charge in [0.05, 0.1) is 10.7 Å². The predicted octanol–water partition coefficient (Wildman–Crippen LogP) is 2.65. The van der Waals surface area contributed by atoms with E-state index in [1.54, 1.807) is 6.26 Å². The number of piperazine rings is 1. The van der Waals surface area contributed by atoms with Crippen LogP contribution in [0.25, 0.3) is 0 Å². The van der Waals surface area contributed by atoms with Gasteiger partial charge in [-0.2, -0.15) is 0 Å². The van der Waals surface area contributed by atoms with Crippen LogP contribution in [-0.4, -0.2) is 73.9 Å². The van der Waals surface area contributed by atoms with Crippen LogP contribution in [0.5, 0.6) is 11.5 Å². The van der Waals surface area contributed by atoms with E-state index in [0.717, 1.165) is 68.7 Å². The molecular formula is C20H27ClIN5O3. The minimum atomic E-state index is 0. The molecule has 0 radical (unpaired) electrons. The first-order valence-corrected chi connectivity index (χ1v) is 10.3. The van der Waals surface area contributed by atoms with Crippen LogP contribution in [-0.2, 0) is 13.0 Å². The molecule has 1 N–H and O–H groups in total. The minimum Gasteiger partial charge on any atom is -0.486 e. The van der Waals surface area contributed by atoms with Gasteiger partial charge in [0, 0.05) is 52.4 Å². The van der Waals surface area contributed by atoms with Crippen molar-refractivity contribution in [3.8, 4) is 11.5 Å². The number of aliphatic imine (C=N–C) groups is 1. The lowest BCUT2D eigenvalue weighted by atomic mass is 10.1. The van der Waals surface area contributed by atoms with Gasteiger partial charge in [0.15, 0.2) is 17.5 Å². The first-order valence-electron chi connectivity index (χ1n) is 9.88. The standard InChI is InChI=1S/C20H26ClN5O3.HI/c1-22-20(26-7-5-25(6-8-26)14-16-3-9-29-24-16)23-4-2-15-12-17(21)19-18(13-15)27-10-11-28-19;/h3,9,12-13H,2,4-8,10-11,14H2,1H3,(H,22,23);1H. The Morgan fingerprint density at radius 1 is 1.20 bits per heavy atom. The maximum absolute atomic E-state index is 6.33. The summed E-state index contributed by atoms with van der Waals surface area (Å²) in [5.41, 5.74) is 2.08. The third kappa shape index (κ3) is 5.70. The molecule has 4 rings (SSSR count). The summed E-state index contributed by atoms with van der Waals surface area (Å²) in [6.07, 6.45) is 2.44. The van der Waals surface area contributed by atoms with Crippen LogP contribution in [0, 0.1) is 0 Å². The lowest BCUT2D eigenvalue weighted by molar-refractivity contribution is 0.169. The van der Waals surface area contributed by atoms with Crippen molar-refractivity contribution in [2.45, 2.75) is 13.0 Å². The second-order valence-electron chi connectivity index (χ2n) is 7.08. The molecule has 0 saturated carbocycles. The number of halogens is 2. The zero-order valence-corrected chi connectivity index (χ0v) is 20.1. The van der Waals surface area contributed by atoms with Gasteiger partial charge < -0.3 is 24.2 Å². The first-order chi connectivity index (χ1) is 14.2. The fourth-order valence-electron chi connectivity index (χ4n) is 3.63. The van der Waals surface area contributed by atoms with E-state index in [4.69, 9.17) is 25.6 Å². The molecule has 1 aromatic heterocycles. The fraction of sp³-hybridized carbons (Fsp3) is 0.500. The van der Waals surface area contributed by atoms with Crippen molar-refractivity contribution in [1.29, 1.82) is 0 Å². The quantitative estimate of drug-likeness (QED) is 0.350. The Kier molecular flexibility index (Phi) is 8.46. The van der Waals surface area contributed by atoms with Crippen LogP contribution < -0.4 is 14.8 Å². The number of nitrogens with zero attached hydrogens (tertiary/aromatic N) is 4. The highest BCUT2D eigenvalue weighted by Crippen LogP contribution is 2.38. The Hall–Kier alpha value is -1.72. The molecule has 0 atom stereocenters. The van der Waals surface area contributed by atoms with Gasteiger partial charge in [-0.3, -0.25) is 9.89 Å². The smallest absolute Gasteiger partial charge is 0.193 e. The SMILES string of the molecule is CN=C(NCCc1cc(Cl)c2c(c1)OCCO2)N1CCN(Cc2ccon2)CC1.I. The maximum atomic E-state index is 6.33. The highest BCUT2D eigenvalue weighted by atomic mass is 127. The molecule has 0 unspecified atom stereocenters. The summed E-state index contributed by atoms with van der Waals surface area (Å²) in [6, 6.07) is 5.87. The monoisotopic (exact) mass is 547 g/mol. The maximum Gasteiger partial charge on any atom is 0.193 e. The molecule has 2 aromatic rings. The zero-order chi connectivity index (χ0) is 20.1. The van der Waals surface area contributed by atoms with Gasteiger partial charge in [0.2, 0.25) is 0 Å². The normalized spacial score (nSPS) is 16.9. The summed E-state index contributed by atoms with van der Waals surface area (Å²) < 4.78 is 16.2. The molecular weight excluding hydrogens is 521 g/mol. The highest BCUT2D eigenvalue weighted by molar-refractivity contribution is 14.0. The van der Waals surface area contributed by atoms with E-state index in [1.165, 1.54) is 0 Å². The summed E-state index contributed by atoms with van der Waals surface area (Å²) in [5, 5.41) is 8.05. The molecule has 8 nitrogen and oxygen atoms in total. The summed E-state index contributed by atoms with van der Waals surface area (Å²) in [5.74, 6) is 2.30. The second kappa shape index (κ2) is 11.1. The zero-order valence-electron chi connectivity index (χ0n) is 17.0. The number of fused-ring (bicyclic) bond motifs is 1. The molecule has 0 spiro atoms. The Bertz CT molecular complexity index is 841. The molecule has 1 aromatic carbocycles. The number of rotatable bonds is 5. The Morgan fingerprint density at radius 2 is 2.00 bits per heavy atom.